The molecule has 0 spiro atoms. The Labute approximate surface area is 98.9 Å². The van der Waals surface area contributed by atoms with E-state index in [9.17, 15) is 8.42 Å². The van der Waals surface area contributed by atoms with Crippen molar-refractivity contribution in [1.29, 1.82) is 0 Å². The van der Waals surface area contributed by atoms with Crippen LogP contribution in [0.1, 0.15) is 0 Å². The first-order valence-corrected chi connectivity index (χ1v) is 6.31. The van der Waals surface area contributed by atoms with Crippen molar-refractivity contribution < 1.29 is 13.2 Å². The fourth-order valence-corrected chi connectivity index (χ4v) is 1.76. The number of rotatable bonds is 3. The van der Waals surface area contributed by atoms with Gasteiger partial charge in [0.15, 0.2) is 0 Å². The second-order valence-electron chi connectivity index (χ2n) is 3.30. The highest BCUT2D eigenvalue weighted by Gasteiger charge is 2.07. The van der Waals surface area contributed by atoms with Crippen molar-refractivity contribution in [3.63, 3.8) is 0 Å². The molecule has 0 saturated heterocycles. The highest BCUT2D eigenvalue weighted by atomic mass is 32.2. The van der Waals surface area contributed by atoms with Gasteiger partial charge in [0.25, 0.3) is 0 Å². The Bertz CT molecular complexity index is 594. The van der Waals surface area contributed by atoms with Crippen molar-refractivity contribution in [1.82, 2.24) is 4.98 Å². The Morgan fingerprint density at radius 3 is 2.00 bits per heavy atom. The fourth-order valence-electron chi connectivity index (χ4n) is 1.24. The minimum atomic E-state index is -3.66. The predicted octanol–water partition coefficient (Wildman–Crippen LogP) is 1.52. The monoisotopic (exact) mass is 250 g/mol. The van der Waals surface area contributed by atoms with Crippen LogP contribution in [-0.4, -0.2) is 13.4 Å². The summed E-state index contributed by atoms with van der Waals surface area (Å²) in [5, 5.41) is 4.98. The molecular formula is C11H10N2O3S. The number of hydrogen-bond donors (Lipinski definition) is 1. The van der Waals surface area contributed by atoms with Crippen LogP contribution in [0.3, 0.4) is 0 Å². The third kappa shape index (κ3) is 3.02. The molecule has 0 aliphatic heterocycles. The molecule has 0 aliphatic carbocycles. The summed E-state index contributed by atoms with van der Waals surface area (Å²) in [4.78, 5) is 3.91. The zero-order valence-corrected chi connectivity index (χ0v) is 9.59. The van der Waals surface area contributed by atoms with Gasteiger partial charge >= 0.3 is 0 Å². The molecule has 2 rings (SSSR count). The van der Waals surface area contributed by atoms with Gasteiger partial charge in [-0.1, -0.05) is 0 Å². The summed E-state index contributed by atoms with van der Waals surface area (Å²) in [5.74, 6) is 1.16. The summed E-state index contributed by atoms with van der Waals surface area (Å²) in [6.07, 6.45) is 3.21. The molecule has 88 valence electrons. The van der Waals surface area contributed by atoms with Gasteiger partial charge in [0, 0.05) is 12.4 Å². The van der Waals surface area contributed by atoms with Gasteiger partial charge in [0.05, 0.1) is 4.90 Å². The smallest absolute Gasteiger partial charge is 0.238 e. The average Bonchev–Trinajstić information content (AvgIpc) is 2.30. The van der Waals surface area contributed by atoms with Gasteiger partial charge in [-0.25, -0.2) is 13.6 Å². The van der Waals surface area contributed by atoms with E-state index >= 15 is 0 Å². The molecule has 5 nitrogen and oxygen atoms in total. The van der Waals surface area contributed by atoms with Crippen LogP contribution in [-0.2, 0) is 10.0 Å². The molecule has 0 radical (unpaired) electrons. The van der Waals surface area contributed by atoms with Gasteiger partial charge in [-0.05, 0) is 36.4 Å². The molecule has 0 unspecified atom stereocenters. The van der Waals surface area contributed by atoms with Crippen molar-refractivity contribution in [2.24, 2.45) is 5.14 Å². The Kier molecular flexibility index (Phi) is 3.08. The second kappa shape index (κ2) is 4.52. The lowest BCUT2D eigenvalue weighted by molar-refractivity contribution is 0.481. The van der Waals surface area contributed by atoms with E-state index in [2.05, 4.69) is 4.98 Å². The number of aromatic nitrogens is 1. The molecule has 2 aromatic rings. The summed E-state index contributed by atoms with van der Waals surface area (Å²) in [6, 6.07) is 9.28. The zero-order chi connectivity index (χ0) is 12.3. The highest BCUT2D eigenvalue weighted by Crippen LogP contribution is 2.21. The molecule has 1 aromatic heterocycles. The van der Waals surface area contributed by atoms with Crippen molar-refractivity contribution in [2.75, 3.05) is 0 Å². The van der Waals surface area contributed by atoms with E-state index in [1.165, 1.54) is 12.1 Å². The van der Waals surface area contributed by atoms with Gasteiger partial charge in [-0.15, -0.1) is 0 Å². The number of ether oxygens (including phenoxy) is 1. The topological polar surface area (TPSA) is 82.3 Å². The molecule has 1 aromatic carbocycles. The Morgan fingerprint density at radius 2 is 1.47 bits per heavy atom. The SMILES string of the molecule is NS(=O)(=O)c1ccc(Oc2ccncc2)cc1. The van der Waals surface area contributed by atoms with Crippen molar-refractivity contribution in [3.05, 3.63) is 48.8 Å². The van der Waals surface area contributed by atoms with Crippen LogP contribution in [0.2, 0.25) is 0 Å². The molecule has 0 amide bonds. The van der Waals surface area contributed by atoms with E-state index in [1.54, 1.807) is 36.7 Å². The van der Waals surface area contributed by atoms with Crippen LogP contribution in [0, 0.1) is 0 Å². The Hall–Kier alpha value is -1.92. The third-order valence-corrected chi connectivity index (χ3v) is 2.97. The summed E-state index contributed by atoms with van der Waals surface area (Å²) in [6.45, 7) is 0. The maximum atomic E-state index is 11.0. The van der Waals surface area contributed by atoms with Crippen molar-refractivity contribution >= 4 is 10.0 Å². The van der Waals surface area contributed by atoms with Crippen LogP contribution in [0.4, 0.5) is 0 Å². The molecule has 0 atom stereocenters. The van der Waals surface area contributed by atoms with Gasteiger partial charge in [-0.3, -0.25) is 4.98 Å². The van der Waals surface area contributed by atoms with Crippen molar-refractivity contribution in [2.45, 2.75) is 4.90 Å². The van der Waals surface area contributed by atoms with Crippen LogP contribution in [0.5, 0.6) is 11.5 Å². The van der Waals surface area contributed by atoms with Gasteiger partial charge in [0.1, 0.15) is 11.5 Å². The maximum Gasteiger partial charge on any atom is 0.238 e. The number of nitrogens with two attached hydrogens (primary N) is 1. The highest BCUT2D eigenvalue weighted by molar-refractivity contribution is 7.89. The average molecular weight is 250 g/mol. The minimum Gasteiger partial charge on any atom is -0.457 e. The number of pyridine rings is 1. The standard InChI is InChI=1S/C11H10N2O3S/c12-17(14,15)11-3-1-9(2-4-11)16-10-5-7-13-8-6-10/h1-8H,(H2,12,14,15). The quantitative estimate of drug-likeness (QED) is 0.895. The normalized spacial score (nSPS) is 11.1. The van der Waals surface area contributed by atoms with E-state index in [0.717, 1.165) is 0 Å². The molecule has 1 heterocycles. The van der Waals surface area contributed by atoms with E-state index in [1.807, 2.05) is 0 Å². The zero-order valence-electron chi connectivity index (χ0n) is 8.78. The molecule has 6 heteroatoms. The van der Waals surface area contributed by atoms with Gasteiger partial charge in [0.2, 0.25) is 10.0 Å². The maximum absolute atomic E-state index is 11.0. The summed E-state index contributed by atoms with van der Waals surface area (Å²) < 4.78 is 27.5. The summed E-state index contributed by atoms with van der Waals surface area (Å²) in [7, 11) is -3.66. The third-order valence-electron chi connectivity index (χ3n) is 2.04. The van der Waals surface area contributed by atoms with Crippen LogP contribution in [0.15, 0.2) is 53.7 Å². The molecule has 0 fully saturated rings. The van der Waals surface area contributed by atoms with Crippen LogP contribution in [0.25, 0.3) is 0 Å². The van der Waals surface area contributed by atoms with E-state index in [0.29, 0.717) is 11.5 Å². The fraction of sp³-hybridized carbons (Fsp3) is 0. The molecule has 0 saturated carbocycles. The number of benzene rings is 1. The lowest BCUT2D eigenvalue weighted by Crippen LogP contribution is -2.11. The Morgan fingerprint density at radius 1 is 0.941 bits per heavy atom. The van der Waals surface area contributed by atoms with Crippen molar-refractivity contribution in [3.8, 4) is 11.5 Å². The van der Waals surface area contributed by atoms with E-state index in [-0.39, 0.29) is 4.90 Å². The number of nitrogens with zero attached hydrogens (tertiary/aromatic N) is 1. The number of primary sulfonamides is 1. The van der Waals surface area contributed by atoms with E-state index < -0.39 is 10.0 Å². The lowest BCUT2D eigenvalue weighted by Gasteiger charge is -2.05. The first-order chi connectivity index (χ1) is 8.05. The van der Waals surface area contributed by atoms with Crippen LogP contribution >= 0.6 is 0 Å². The summed E-state index contributed by atoms with van der Waals surface area (Å²) in [5.41, 5.74) is 0. The van der Waals surface area contributed by atoms with Crippen LogP contribution < -0.4 is 9.88 Å². The molecule has 2 N–H and O–H groups in total. The number of hydrogen-bond acceptors (Lipinski definition) is 4. The van der Waals surface area contributed by atoms with E-state index in [4.69, 9.17) is 9.88 Å². The molecule has 0 aliphatic rings. The van der Waals surface area contributed by atoms with Gasteiger partial charge < -0.3 is 4.74 Å². The predicted molar refractivity (Wildman–Crippen MR) is 62.1 cm³/mol. The van der Waals surface area contributed by atoms with Gasteiger partial charge in [-0.2, -0.15) is 0 Å². The molecule has 0 bridgehead atoms. The molecular weight excluding hydrogens is 240 g/mol. The number of sulfonamides is 1. The largest absolute Gasteiger partial charge is 0.457 e. The minimum absolute atomic E-state index is 0.0552. The Balaban J connectivity index is 2.20. The first-order valence-electron chi connectivity index (χ1n) is 4.76. The second-order valence-corrected chi connectivity index (χ2v) is 4.86. The lowest BCUT2D eigenvalue weighted by atomic mass is 10.3. The molecule has 17 heavy (non-hydrogen) atoms. The first kappa shape index (κ1) is 11.6. The summed E-state index contributed by atoms with van der Waals surface area (Å²) >= 11 is 0.